The van der Waals surface area contributed by atoms with Crippen LogP contribution in [0.4, 0.5) is 14.5 Å². The third-order valence-electron chi connectivity index (χ3n) is 4.73. The normalized spacial score (nSPS) is 14.8. The van der Waals surface area contributed by atoms with Crippen molar-refractivity contribution in [1.82, 2.24) is 15.4 Å². The van der Waals surface area contributed by atoms with Gasteiger partial charge in [0.05, 0.1) is 17.9 Å². The van der Waals surface area contributed by atoms with E-state index in [0.717, 1.165) is 35.6 Å². The van der Waals surface area contributed by atoms with Gasteiger partial charge in [-0.15, -0.1) is 24.0 Å². The number of aliphatic imine (C=N–C) groups is 1. The zero-order valence-electron chi connectivity index (χ0n) is 16.3. The van der Waals surface area contributed by atoms with Gasteiger partial charge in [-0.25, -0.2) is 13.8 Å². The van der Waals surface area contributed by atoms with Crippen LogP contribution in [-0.2, 0) is 6.54 Å². The van der Waals surface area contributed by atoms with Gasteiger partial charge in [0.2, 0.25) is 0 Å². The van der Waals surface area contributed by atoms with Crippen molar-refractivity contribution in [3.05, 3.63) is 46.9 Å². The molecule has 0 atom stereocenters. The summed E-state index contributed by atoms with van der Waals surface area (Å²) >= 11 is 0. The van der Waals surface area contributed by atoms with Crippen LogP contribution in [0.25, 0.3) is 0 Å². The molecule has 1 aliphatic heterocycles. The molecule has 1 saturated heterocycles. The number of hydrogen-bond acceptors (Lipinski definition) is 4. The van der Waals surface area contributed by atoms with E-state index >= 15 is 0 Å². The van der Waals surface area contributed by atoms with E-state index in [2.05, 4.69) is 15.4 Å². The highest BCUT2D eigenvalue weighted by Crippen LogP contribution is 2.22. The topological polar surface area (TPSA) is 56.9 Å². The Balaban J connectivity index is 0.00000280. The van der Waals surface area contributed by atoms with Gasteiger partial charge < -0.3 is 19.6 Å². The summed E-state index contributed by atoms with van der Waals surface area (Å²) in [5.41, 5.74) is 2.15. The molecule has 28 heavy (non-hydrogen) atoms. The zero-order chi connectivity index (χ0) is 19.4. The van der Waals surface area contributed by atoms with Gasteiger partial charge >= 0.3 is 0 Å². The minimum Gasteiger partial charge on any atom is -0.366 e. The quantitative estimate of drug-likeness (QED) is 0.392. The molecule has 0 unspecified atom stereocenters. The molecule has 6 nitrogen and oxygen atoms in total. The fraction of sp³-hybridized carbons (Fsp3) is 0.474. The molecule has 3 rings (SSSR count). The van der Waals surface area contributed by atoms with E-state index in [4.69, 9.17) is 9.52 Å². The molecule has 154 valence electrons. The molecule has 0 aliphatic carbocycles. The van der Waals surface area contributed by atoms with Gasteiger partial charge in [0.1, 0.15) is 17.4 Å². The molecule has 1 aromatic heterocycles. The molecule has 1 aliphatic rings. The van der Waals surface area contributed by atoms with E-state index in [-0.39, 0.29) is 24.0 Å². The summed E-state index contributed by atoms with van der Waals surface area (Å²) in [5.74, 6) is 0.752. The van der Waals surface area contributed by atoms with Crippen LogP contribution in [0.15, 0.2) is 27.7 Å². The summed E-state index contributed by atoms with van der Waals surface area (Å²) in [5, 5.41) is 7.26. The second-order valence-electron chi connectivity index (χ2n) is 6.54. The molecular formula is C19H26F2IN5O. The van der Waals surface area contributed by atoms with Crippen molar-refractivity contribution in [2.45, 2.75) is 27.3 Å². The monoisotopic (exact) mass is 505 g/mol. The molecule has 2 heterocycles. The Bertz CT molecular complexity index is 799. The standard InChI is InChI=1S/C19H25F2N5O.HI/c1-4-22-19(23-12-16-13(2)24-27-14(16)3)26-9-7-25(8-10-26)18-11-15(20)5-6-17(18)21;/h5-6,11H,4,7-10,12H2,1-3H3,(H,22,23);1H. The SMILES string of the molecule is CCNC(=NCc1c(C)noc1C)N1CCN(c2cc(F)ccc2F)CC1.I. The Morgan fingerprint density at radius 1 is 1.21 bits per heavy atom. The van der Waals surface area contributed by atoms with Crippen LogP contribution in [0.3, 0.4) is 0 Å². The number of nitrogens with zero attached hydrogens (tertiary/aromatic N) is 4. The third kappa shape index (κ3) is 5.12. The lowest BCUT2D eigenvalue weighted by atomic mass is 10.2. The van der Waals surface area contributed by atoms with Crippen LogP contribution in [0.1, 0.15) is 23.9 Å². The average molecular weight is 505 g/mol. The number of anilines is 1. The first kappa shape index (κ1) is 22.4. The van der Waals surface area contributed by atoms with Gasteiger partial charge in [0.25, 0.3) is 0 Å². The number of benzene rings is 1. The Kier molecular flexibility index (Phi) is 8.02. The summed E-state index contributed by atoms with van der Waals surface area (Å²) in [7, 11) is 0. The Hall–Kier alpha value is -1.91. The van der Waals surface area contributed by atoms with Crippen molar-refractivity contribution in [3.8, 4) is 0 Å². The van der Waals surface area contributed by atoms with Gasteiger partial charge in [0, 0.05) is 44.4 Å². The fourth-order valence-electron chi connectivity index (χ4n) is 3.19. The molecule has 0 spiro atoms. The Morgan fingerprint density at radius 2 is 1.93 bits per heavy atom. The molecule has 9 heteroatoms. The van der Waals surface area contributed by atoms with Crippen molar-refractivity contribution in [3.63, 3.8) is 0 Å². The first-order valence-corrected chi connectivity index (χ1v) is 9.14. The zero-order valence-corrected chi connectivity index (χ0v) is 18.7. The summed E-state index contributed by atoms with van der Waals surface area (Å²) < 4.78 is 32.7. The van der Waals surface area contributed by atoms with Crippen LogP contribution >= 0.6 is 24.0 Å². The Labute approximate surface area is 181 Å². The lowest BCUT2D eigenvalue weighted by Crippen LogP contribution is -2.52. The maximum atomic E-state index is 14.0. The number of aryl methyl sites for hydroxylation is 2. The predicted octanol–water partition coefficient (Wildman–Crippen LogP) is 3.48. The first-order chi connectivity index (χ1) is 13.0. The van der Waals surface area contributed by atoms with E-state index < -0.39 is 11.6 Å². The van der Waals surface area contributed by atoms with Crippen molar-refractivity contribution in [1.29, 1.82) is 0 Å². The lowest BCUT2D eigenvalue weighted by molar-refractivity contribution is 0.370. The van der Waals surface area contributed by atoms with E-state index in [9.17, 15) is 8.78 Å². The number of guanidine groups is 1. The van der Waals surface area contributed by atoms with E-state index in [0.29, 0.717) is 38.4 Å². The molecule has 1 N–H and O–H groups in total. The average Bonchev–Trinajstić information content (AvgIpc) is 2.99. The highest BCUT2D eigenvalue weighted by Gasteiger charge is 2.22. The van der Waals surface area contributed by atoms with Crippen LogP contribution in [0.5, 0.6) is 0 Å². The second kappa shape index (κ2) is 10.0. The van der Waals surface area contributed by atoms with E-state index in [1.165, 1.54) is 12.1 Å². The first-order valence-electron chi connectivity index (χ1n) is 9.14. The number of nitrogens with one attached hydrogen (secondary N) is 1. The van der Waals surface area contributed by atoms with E-state index in [1.807, 2.05) is 25.7 Å². The molecule has 1 fully saturated rings. The second-order valence-corrected chi connectivity index (χ2v) is 6.54. The molecular weight excluding hydrogens is 479 g/mol. The summed E-state index contributed by atoms with van der Waals surface area (Å²) in [6.07, 6.45) is 0. The molecule has 0 radical (unpaired) electrons. The number of rotatable bonds is 4. The van der Waals surface area contributed by atoms with Crippen molar-refractivity contribution >= 4 is 35.6 Å². The highest BCUT2D eigenvalue weighted by atomic mass is 127. The number of piperazine rings is 1. The summed E-state index contributed by atoms with van der Waals surface area (Å²) in [6.45, 7) is 9.56. The summed E-state index contributed by atoms with van der Waals surface area (Å²) in [6, 6.07) is 3.56. The number of halogens is 3. The Morgan fingerprint density at radius 3 is 2.54 bits per heavy atom. The smallest absolute Gasteiger partial charge is 0.194 e. The molecule has 0 saturated carbocycles. The third-order valence-corrected chi connectivity index (χ3v) is 4.73. The maximum Gasteiger partial charge on any atom is 0.194 e. The van der Waals surface area contributed by atoms with Crippen LogP contribution in [0.2, 0.25) is 0 Å². The van der Waals surface area contributed by atoms with Crippen molar-refractivity contribution in [2.75, 3.05) is 37.6 Å². The van der Waals surface area contributed by atoms with Gasteiger partial charge in [-0.05, 0) is 32.9 Å². The van der Waals surface area contributed by atoms with Crippen molar-refractivity contribution < 1.29 is 13.3 Å². The van der Waals surface area contributed by atoms with Gasteiger partial charge in [-0.2, -0.15) is 0 Å². The maximum absolute atomic E-state index is 14.0. The van der Waals surface area contributed by atoms with Gasteiger partial charge in [0.15, 0.2) is 5.96 Å². The minimum absolute atomic E-state index is 0. The van der Waals surface area contributed by atoms with Gasteiger partial charge in [-0.3, -0.25) is 0 Å². The molecule has 2 aromatic rings. The van der Waals surface area contributed by atoms with Gasteiger partial charge in [-0.1, -0.05) is 5.16 Å². The number of hydrogen-bond donors (Lipinski definition) is 1. The fourth-order valence-corrected chi connectivity index (χ4v) is 3.19. The predicted molar refractivity (Wildman–Crippen MR) is 116 cm³/mol. The van der Waals surface area contributed by atoms with Crippen LogP contribution in [0, 0.1) is 25.5 Å². The summed E-state index contributed by atoms with van der Waals surface area (Å²) in [4.78, 5) is 8.71. The van der Waals surface area contributed by atoms with Crippen molar-refractivity contribution in [2.24, 2.45) is 4.99 Å². The van der Waals surface area contributed by atoms with E-state index in [1.54, 1.807) is 0 Å². The van der Waals surface area contributed by atoms with Crippen LogP contribution < -0.4 is 10.2 Å². The molecule has 0 bridgehead atoms. The lowest BCUT2D eigenvalue weighted by Gasteiger charge is -2.37. The molecule has 1 aromatic carbocycles. The largest absolute Gasteiger partial charge is 0.366 e. The van der Waals surface area contributed by atoms with Crippen LogP contribution in [-0.4, -0.2) is 48.7 Å². The number of aromatic nitrogens is 1. The molecule has 0 amide bonds. The minimum atomic E-state index is -0.428. The highest BCUT2D eigenvalue weighted by molar-refractivity contribution is 14.0.